The molecule has 0 bridgehead atoms. The second-order valence-electron chi connectivity index (χ2n) is 6.71. The first-order chi connectivity index (χ1) is 14.1. The smallest absolute Gasteiger partial charge is 0.222 e. The van der Waals surface area contributed by atoms with E-state index in [1.807, 2.05) is 12.3 Å². The van der Waals surface area contributed by atoms with Crippen molar-refractivity contribution in [2.45, 2.75) is 32.7 Å². The number of nitrogen functional groups attached to an aromatic ring is 1. The molecule has 0 aromatic carbocycles. The van der Waals surface area contributed by atoms with Crippen LogP contribution in [-0.4, -0.2) is 51.5 Å². The SMILES string of the molecule is CCCCNc1nc(N)nc2cn(Cc3ncc(NCCCN)cc3OC)nc12. The molecule has 3 aromatic rings. The van der Waals surface area contributed by atoms with Crippen molar-refractivity contribution in [3.63, 3.8) is 0 Å². The van der Waals surface area contributed by atoms with Crippen molar-refractivity contribution in [3.05, 3.63) is 24.2 Å². The summed E-state index contributed by atoms with van der Waals surface area (Å²) >= 11 is 0. The van der Waals surface area contributed by atoms with Gasteiger partial charge in [0.1, 0.15) is 17.0 Å². The summed E-state index contributed by atoms with van der Waals surface area (Å²) in [6.07, 6.45) is 6.65. The fourth-order valence-electron chi connectivity index (χ4n) is 2.92. The lowest BCUT2D eigenvalue weighted by atomic mass is 10.3. The molecular formula is C19H29N9O. The number of anilines is 3. The Bertz CT molecular complexity index is 941. The summed E-state index contributed by atoms with van der Waals surface area (Å²) in [6, 6.07) is 1.93. The van der Waals surface area contributed by atoms with E-state index in [0.717, 1.165) is 43.7 Å². The van der Waals surface area contributed by atoms with E-state index in [0.29, 0.717) is 35.7 Å². The van der Waals surface area contributed by atoms with Crippen LogP contribution in [0.2, 0.25) is 0 Å². The fourth-order valence-corrected chi connectivity index (χ4v) is 2.92. The van der Waals surface area contributed by atoms with Crippen molar-refractivity contribution in [2.75, 3.05) is 43.1 Å². The van der Waals surface area contributed by atoms with Gasteiger partial charge in [-0.1, -0.05) is 13.3 Å². The molecule has 0 atom stereocenters. The minimum absolute atomic E-state index is 0.222. The summed E-state index contributed by atoms with van der Waals surface area (Å²) in [5.41, 5.74) is 14.4. The van der Waals surface area contributed by atoms with Crippen molar-refractivity contribution in [2.24, 2.45) is 5.73 Å². The number of hydrogen-bond acceptors (Lipinski definition) is 9. The zero-order valence-corrected chi connectivity index (χ0v) is 17.0. The number of nitrogens with one attached hydrogen (secondary N) is 2. The van der Waals surface area contributed by atoms with Crippen molar-refractivity contribution in [3.8, 4) is 5.75 Å². The standard InChI is InChI=1S/C19H29N9O/c1-3-4-7-23-18-17-15(25-19(21)26-18)12-28(27-17)11-14-16(29-2)9-13(10-24-14)22-8-5-6-20/h9-10,12,22H,3-8,11,20H2,1-2H3,(H3,21,23,25,26). The number of pyridine rings is 1. The number of rotatable bonds is 11. The van der Waals surface area contributed by atoms with E-state index in [1.165, 1.54) is 0 Å². The van der Waals surface area contributed by atoms with E-state index >= 15 is 0 Å². The summed E-state index contributed by atoms with van der Waals surface area (Å²) in [5.74, 6) is 1.56. The number of hydrogen-bond donors (Lipinski definition) is 4. The number of nitrogens with zero attached hydrogens (tertiary/aromatic N) is 5. The van der Waals surface area contributed by atoms with E-state index in [-0.39, 0.29) is 5.95 Å². The molecule has 0 aliphatic carbocycles. The number of methoxy groups -OCH3 is 1. The zero-order chi connectivity index (χ0) is 20.6. The van der Waals surface area contributed by atoms with E-state index in [9.17, 15) is 0 Å². The first-order valence-corrected chi connectivity index (χ1v) is 9.86. The van der Waals surface area contributed by atoms with Gasteiger partial charge in [-0.05, 0) is 19.4 Å². The molecule has 3 aromatic heterocycles. The predicted molar refractivity (Wildman–Crippen MR) is 115 cm³/mol. The van der Waals surface area contributed by atoms with Crippen LogP contribution < -0.4 is 26.8 Å². The van der Waals surface area contributed by atoms with Gasteiger partial charge in [-0.15, -0.1) is 0 Å². The van der Waals surface area contributed by atoms with Crippen LogP contribution in [0.3, 0.4) is 0 Å². The second-order valence-corrected chi connectivity index (χ2v) is 6.71. The summed E-state index contributed by atoms with van der Waals surface area (Å²) in [7, 11) is 1.63. The monoisotopic (exact) mass is 399 g/mol. The molecule has 0 amide bonds. The van der Waals surface area contributed by atoms with Gasteiger partial charge in [0, 0.05) is 19.2 Å². The highest BCUT2D eigenvalue weighted by Gasteiger charge is 2.13. The molecule has 29 heavy (non-hydrogen) atoms. The van der Waals surface area contributed by atoms with Crippen molar-refractivity contribution >= 4 is 28.5 Å². The van der Waals surface area contributed by atoms with E-state index < -0.39 is 0 Å². The summed E-state index contributed by atoms with van der Waals surface area (Å²) in [6.45, 7) is 4.82. The molecule has 0 aliphatic heterocycles. The van der Waals surface area contributed by atoms with Gasteiger partial charge < -0.3 is 26.8 Å². The second kappa shape index (κ2) is 9.87. The molecule has 156 valence electrons. The minimum atomic E-state index is 0.222. The van der Waals surface area contributed by atoms with Crippen LogP contribution >= 0.6 is 0 Å². The molecule has 0 radical (unpaired) electrons. The van der Waals surface area contributed by atoms with E-state index in [2.05, 4.69) is 37.6 Å². The highest BCUT2D eigenvalue weighted by molar-refractivity contribution is 5.85. The Labute approximate surface area is 170 Å². The normalized spacial score (nSPS) is 11.0. The Balaban J connectivity index is 1.81. The number of aromatic nitrogens is 5. The Morgan fingerprint density at radius 3 is 2.76 bits per heavy atom. The molecule has 0 spiro atoms. The first-order valence-electron chi connectivity index (χ1n) is 9.86. The van der Waals surface area contributed by atoms with Crippen molar-refractivity contribution < 1.29 is 4.74 Å². The molecule has 0 saturated carbocycles. The summed E-state index contributed by atoms with van der Waals surface area (Å²) < 4.78 is 7.29. The quantitative estimate of drug-likeness (QED) is 0.355. The zero-order valence-electron chi connectivity index (χ0n) is 17.0. The topological polar surface area (TPSA) is 142 Å². The molecule has 0 fully saturated rings. The maximum Gasteiger partial charge on any atom is 0.222 e. The lowest BCUT2D eigenvalue weighted by Gasteiger charge is -2.11. The van der Waals surface area contributed by atoms with Gasteiger partial charge in [0.25, 0.3) is 0 Å². The van der Waals surface area contributed by atoms with Crippen LogP contribution in [0.4, 0.5) is 17.5 Å². The number of nitrogens with two attached hydrogens (primary N) is 2. The lowest BCUT2D eigenvalue weighted by molar-refractivity contribution is 0.404. The number of ether oxygens (including phenoxy) is 1. The molecule has 3 rings (SSSR count). The highest BCUT2D eigenvalue weighted by atomic mass is 16.5. The molecule has 0 aliphatic rings. The van der Waals surface area contributed by atoms with Gasteiger partial charge >= 0.3 is 0 Å². The molecule has 10 heteroatoms. The molecule has 3 heterocycles. The Morgan fingerprint density at radius 1 is 1.17 bits per heavy atom. The maximum absolute atomic E-state index is 5.86. The van der Waals surface area contributed by atoms with E-state index in [4.69, 9.17) is 16.2 Å². The van der Waals surface area contributed by atoms with Crippen LogP contribution in [0.5, 0.6) is 5.75 Å². The third kappa shape index (κ3) is 5.23. The van der Waals surface area contributed by atoms with Gasteiger partial charge in [0.05, 0.1) is 31.7 Å². The fraction of sp³-hybridized carbons (Fsp3) is 0.474. The molecule has 10 nitrogen and oxygen atoms in total. The number of unbranched alkanes of at least 4 members (excludes halogenated alkanes) is 1. The molecule has 0 unspecified atom stereocenters. The number of fused-ring (bicyclic) bond motifs is 1. The van der Waals surface area contributed by atoms with Crippen LogP contribution in [0, 0.1) is 0 Å². The van der Waals surface area contributed by atoms with Crippen LogP contribution in [-0.2, 0) is 6.54 Å². The van der Waals surface area contributed by atoms with Gasteiger partial charge in [-0.2, -0.15) is 10.1 Å². The average molecular weight is 400 g/mol. The van der Waals surface area contributed by atoms with Gasteiger partial charge in [-0.25, -0.2) is 4.98 Å². The Hall–Kier alpha value is -3.14. The van der Waals surface area contributed by atoms with Crippen LogP contribution in [0.15, 0.2) is 18.5 Å². The van der Waals surface area contributed by atoms with Gasteiger partial charge in [0.15, 0.2) is 11.3 Å². The summed E-state index contributed by atoms with van der Waals surface area (Å²) in [5, 5.41) is 11.2. The van der Waals surface area contributed by atoms with Crippen molar-refractivity contribution in [1.29, 1.82) is 0 Å². The van der Waals surface area contributed by atoms with Gasteiger partial charge in [-0.3, -0.25) is 9.67 Å². The van der Waals surface area contributed by atoms with Crippen molar-refractivity contribution in [1.82, 2.24) is 24.7 Å². The third-order valence-electron chi connectivity index (χ3n) is 4.42. The molecular weight excluding hydrogens is 370 g/mol. The molecule has 6 N–H and O–H groups in total. The highest BCUT2D eigenvalue weighted by Crippen LogP contribution is 2.24. The maximum atomic E-state index is 5.86. The third-order valence-corrected chi connectivity index (χ3v) is 4.42. The lowest BCUT2D eigenvalue weighted by Crippen LogP contribution is -2.10. The minimum Gasteiger partial charge on any atom is -0.495 e. The molecule has 0 saturated heterocycles. The van der Waals surface area contributed by atoms with E-state index in [1.54, 1.807) is 18.0 Å². The summed E-state index contributed by atoms with van der Waals surface area (Å²) in [4.78, 5) is 13.1. The largest absolute Gasteiger partial charge is 0.495 e. The van der Waals surface area contributed by atoms with Crippen LogP contribution in [0.1, 0.15) is 31.9 Å². The Kier molecular flexibility index (Phi) is 7.01. The van der Waals surface area contributed by atoms with Crippen LogP contribution in [0.25, 0.3) is 11.0 Å². The Morgan fingerprint density at radius 2 is 2.00 bits per heavy atom. The first kappa shape index (κ1) is 20.6. The average Bonchev–Trinajstić information content (AvgIpc) is 3.11. The van der Waals surface area contributed by atoms with Gasteiger partial charge in [0.2, 0.25) is 5.95 Å². The predicted octanol–water partition coefficient (Wildman–Crippen LogP) is 1.83.